The zero-order valence-electron chi connectivity index (χ0n) is 20.6. The molecule has 0 radical (unpaired) electrons. The van der Waals surface area contributed by atoms with Crippen LogP contribution in [0, 0.1) is 0 Å². The van der Waals surface area contributed by atoms with Gasteiger partial charge >= 0.3 is 18.3 Å². The molecule has 1 aliphatic heterocycles. The van der Waals surface area contributed by atoms with E-state index in [0.29, 0.717) is 30.7 Å². The third-order valence-corrected chi connectivity index (χ3v) is 6.18. The lowest BCUT2D eigenvalue weighted by Gasteiger charge is -2.40. The summed E-state index contributed by atoms with van der Waals surface area (Å²) in [4.78, 5) is 30.7. The average molecular weight is 573 g/mol. The third kappa shape index (κ3) is 7.65. The number of nitrogens with zero attached hydrogens (tertiary/aromatic N) is 3. The Morgan fingerprint density at radius 2 is 1.78 bits per heavy atom. The summed E-state index contributed by atoms with van der Waals surface area (Å²) in [5.41, 5.74) is -1.34. The normalized spacial score (nSPS) is 16.3. The Balaban J connectivity index is 1.67. The van der Waals surface area contributed by atoms with Crippen LogP contribution < -0.4 is 10.6 Å². The van der Waals surface area contributed by atoms with E-state index in [-0.39, 0.29) is 34.2 Å². The second-order valence-corrected chi connectivity index (χ2v) is 10.8. The fourth-order valence-corrected chi connectivity index (χ4v) is 4.04. The number of anilines is 2. The Morgan fingerprint density at radius 1 is 1.11 bits per heavy atom. The van der Waals surface area contributed by atoms with Crippen LogP contribution in [-0.2, 0) is 17.5 Å². The lowest BCUT2D eigenvalue weighted by atomic mass is 10.0. The van der Waals surface area contributed by atoms with Gasteiger partial charge in [-0.15, -0.1) is 0 Å². The minimum Gasteiger partial charge on any atom is -0.414 e. The number of pyridine rings is 1. The minimum atomic E-state index is -4.60. The highest BCUT2D eigenvalue weighted by Gasteiger charge is 2.40. The van der Waals surface area contributed by atoms with Crippen LogP contribution in [-0.4, -0.2) is 65.3 Å². The van der Waals surface area contributed by atoms with Crippen molar-refractivity contribution in [3.63, 3.8) is 0 Å². The molecule has 0 unspecified atom stereocenters. The molecule has 3 rings (SSSR count). The summed E-state index contributed by atoms with van der Waals surface area (Å²) in [6, 6.07) is 6.26. The minimum absolute atomic E-state index is 0.00591. The molecule has 1 aliphatic rings. The number of alkyl halides is 3. The molecule has 8 nitrogen and oxygen atoms in total. The van der Waals surface area contributed by atoms with E-state index in [9.17, 15) is 22.8 Å². The molecular weight excluding hydrogens is 543 g/mol. The molecule has 1 fully saturated rings. The highest BCUT2D eigenvalue weighted by atomic mass is 79.9. The fraction of sp³-hybridized carbons (Fsp3) is 0.458. The van der Waals surface area contributed by atoms with Gasteiger partial charge in [0.15, 0.2) is 0 Å². The van der Waals surface area contributed by atoms with Crippen LogP contribution >= 0.6 is 15.9 Å². The van der Waals surface area contributed by atoms with E-state index in [0.717, 1.165) is 6.07 Å². The van der Waals surface area contributed by atoms with Crippen LogP contribution in [0.2, 0.25) is 0 Å². The van der Waals surface area contributed by atoms with Crippen molar-refractivity contribution in [2.24, 2.45) is 0 Å². The second kappa shape index (κ2) is 10.7. The Labute approximate surface area is 216 Å². The van der Waals surface area contributed by atoms with Gasteiger partial charge in [-0.05, 0) is 50.6 Å². The molecule has 1 aromatic heterocycles. The molecule has 2 aromatic rings. The van der Waals surface area contributed by atoms with Gasteiger partial charge in [-0.3, -0.25) is 10.2 Å². The second-order valence-electron chi connectivity index (χ2n) is 9.91. The summed E-state index contributed by atoms with van der Waals surface area (Å²) in [6.07, 6.45) is -3.47. The van der Waals surface area contributed by atoms with Gasteiger partial charge in [-0.25, -0.2) is 14.3 Å². The van der Waals surface area contributed by atoms with Crippen molar-refractivity contribution >= 4 is 39.6 Å². The van der Waals surface area contributed by atoms with E-state index < -0.39 is 23.4 Å². The number of urea groups is 1. The maximum absolute atomic E-state index is 13.9. The SMILES string of the molecule is CC(C)(C)OC(=O)[N+]1(C)CCN(Cc2ccc(NC(=O)Nc3cc(Br)ccn3)cc2C(F)(F)F)CC1. The topological polar surface area (TPSA) is 83.6 Å². The molecule has 12 heteroatoms. The lowest BCUT2D eigenvalue weighted by Crippen LogP contribution is -2.60. The van der Waals surface area contributed by atoms with Crippen molar-refractivity contribution in [1.82, 2.24) is 9.88 Å². The van der Waals surface area contributed by atoms with Gasteiger partial charge in [0.05, 0.1) is 12.6 Å². The zero-order chi connectivity index (χ0) is 26.7. The largest absolute Gasteiger partial charge is 0.516 e. The first-order chi connectivity index (χ1) is 16.6. The highest BCUT2D eigenvalue weighted by Crippen LogP contribution is 2.35. The zero-order valence-corrected chi connectivity index (χ0v) is 22.2. The molecule has 0 spiro atoms. The Morgan fingerprint density at radius 3 is 2.36 bits per heavy atom. The number of amides is 3. The monoisotopic (exact) mass is 572 g/mol. The summed E-state index contributed by atoms with van der Waals surface area (Å²) < 4.78 is 47.9. The Hall–Kier alpha value is -2.70. The molecule has 0 saturated carbocycles. The van der Waals surface area contributed by atoms with E-state index >= 15 is 0 Å². The molecule has 36 heavy (non-hydrogen) atoms. The number of likely N-dealkylation sites (N-methyl/N-ethyl adjacent to an activating group) is 1. The molecule has 3 amide bonds. The van der Waals surface area contributed by atoms with Gasteiger partial charge in [0.1, 0.15) is 24.5 Å². The number of rotatable bonds is 4. The molecule has 0 atom stereocenters. The van der Waals surface area contributed by atoms with Gasteiger partial charge in [0.25, 0.3) is 0 Å². The van der Waals surface area contributed by atoms with E-state index in [1.165, 1.54) is 18.3 Å². The number of hydrogen-bond acceptors (Lipinski definition) is 5. The number of nitrogens with one attached hydrogen (secondary N) is 2. The number of aromatic nitrogens is 1. The Bertz CT molecular complexity index is 1110. The molecule has 1 aromatic carbocycles. The van der Waals surface area contributed by atoms with Crippen molar-refractivity contribution in [3.8, 4) is 0 Å². The van der Waals surface area contributed by atoms with Gasteiger partial charge in [0.2, 0.25) is 0 Å². The maximum atomic E-state index is 13.9. The van der Waals surface area contributed by atoms with Crippen LogP contribution in [0.25, 0.3) is 0 Å². The number of hydrogen-bond donors (Lipinski definition) is 2. The molecular formula is C24H30BrF3N5O3+. The van der Waals surface area contributed by atoms with E-state index in [1.54, 1.807) is 40.0 Å². The summed E-state index contributed by atoms with van der Waals surface area (Å²) in [5, 5.41) is 4.90. The molecule has 196 valence electrons. The lowest BCUT2D eigenvalue weighted by molar-refractivity contribution is -0.843. The number of carbonyl (C=O) groups is 2. The van der Waals surface area contributed by atoms with Crippen LogP contribution in [0.5, 0.6) is 0 Å². The van der Waals surface area contributed by atoms with Gasteiger partial charge in [-0.1, -0.05) is 22.0 Å². The predicted octanol–water partition coefficient (Wildman–Crippen LogP) is 5.70. The molecule has 0 aliphatic carbocycles. The summed E-state index contributed by atoms with van der Waals surface area (Å²) in [5.74, 6) is 0.247. The van der Waals surface area contributed by atoms with Crippen LogP contribution in [0.3, 0.4) is 0 Å². The van der Waals surface area contributed by atoms with Gasteiger partial charge in [-0.2, -0.15) is 18.0 Å². The first-order valence-electron chi connectivity index (χ1n) is 11.3. The van der Waals surface area contributed by atoms with Crippen molar-refractivity contribution in [3.05, 3.63) is 52.1 Å². The van der Waals surface area contributed by atoms with Crippen molar-refractivity contribution in [1.29, 1.82) is 0 Å². The van der Waals surface area contributed by atoms with Gasteiger partial charge < -0.3 is 10.1 Å². The fourth-order valence-electron chi connectivity index (χ4n) is 3.71. The average Bonchev–Trinajstić information content (AvgIpc) is 2.74. The summed E-state index contributed by atoms with van der Waals surface area (Å²) in [6.45, 7) is 7.20. The Kier molecular flexibility index (Phi) is 8.31. The van der Waals surface area contributed by atoms with Crippen LogP contribution in [0.1, 0.15) is 31.9 Å². The molecule has 2 N–H and O–H groups in total. The van der Waals surface area contributed by atoms with E-state index in [4.69, 9.17) is 4.74 Å². The number of benzene rings is 1. The van der Waals surface area contributed by atoms with E-state index in [2.05, 4.69) is 31.5 Å². The standard InChI is InChI=1S/C24H29BrF3N5O3/c1-23(2,3)36-22(35)33(4)11-9-32(10-12-33)15-16-5-6-18(14-19(16)24(26,27)28)30-21(34)31-20-13-17(25)7-8-29-20/h5-8,13-14H,9-12,15H2,1-4H3,(H-,29,30,31,34)/p+1. The third-order valence-electron chi connectivity index (χ3n) is 5.68. The van der Waals surface area contributed by atoms with Crippen molar-refractivity contribution < 1.29 is 32.0 Å². The van der Waals surface area contributed by atoms with Gasteiger partial charge in [0, 0.05) is 36.0 Å². The number of carbonyl (C=O) groups excluding carboxylic acids is 2. The summed E-state index contributed by atoms with van der Waals surface area (Å²) in [7, 11) is 1.78. The number of piperazine rings is 1. The smallest absolute Gasteiger partial charge is 0.414 e. The first-order valence-corrected chi connectivity index (χ1v) is 12.1. The summed E-state index contributed by atoms with van der Waals surface area (Å²) >= 11 is 3.26. The van der Waals surface area contributed by atoms with Crippen LogP contribution in [0.4, 0.5) is 34.3 Å². The maximum Gasteiger partial charge on any atom is 0.516 e. The van der Waals surface area contributed by atoms with Crippen molar-refractivity contribution in [2.45, 2.75) is 39.1 Å². The van der Waals surface area contributed by atoms with Crippen LogP contribution in [0.15, 0.2) is 41.0 Å². The highest BCUT2D eigenvalue weighted by molar-refractivity contribution is 9.10. The molecule has 2 heterocycles. The quantitative estimate of drug-likeness (QED) is 0.459. The number of quaternary nitrogens is 1. The molecule has 1 saturated heterocycles. The van der Waals surface area contributed by atoms with E-state index in [1.807, 2.05) is 4.90 Å². The first kappa shape index (κ1) is 27.9. The van der Waals surface area contributed by atoms with Crippen molar-refractivity contribution in [2.75, 3.05) is 43.9 Å². The molecule has 0 bridgehead atoms. The number of halogens is 4. The predicted molar refractivity (Wildman–Crippen MR) is 133 cm³/mol. The number of ether oxygens (including phenoxy) is 1.